The van der Waals surface area contributed by atoms with Crippen molar-refractivity contribution < 1.29 is 9.53 Å². The maximum Gasteiger partial charge on any atom is 0.367 e. The first-order chi connectivity index (χ1) is 5.11. The summed E-state index contributed by atoms with van der Waals surface area (Å²) in [7, 11) is 1.69. The van der Waals surface area contributed by atoms with Gasteiger partial charge in [-0.25, -0.2) is 4.79 Å². The second kappa shape index (κ2) is 5.51. The number of ether oxygens (including phenoxy) is 1. The highest BCUT2D eigenvalue weighted by atomic mass is 127. The largest absolute Gasteiger partial charge is 0.449 e. The molecule has 1 unspecified atom stereocenters. The Morgan fingerprint density at radius 3 is 2.55 bits per heavy atom. The summed E-state index contributed by atoms with van der Waals surface area (Å²) >= 11 is 1.61. The molecule has 0 aromatic carbocycles. The van der Waals surface area contributed by atoms with Crippen LogP contribution in [0.3, 0.4) is 0 Å². The summed E-state index contributed by atoms with van der Waals surface area (Å²) in [4.78, 5) is 14.5. The summed E-state index contributed by atoms with van der Waals surface area (Å²) in [5, 5.41) is 0. The lowest BCUT2D eigenvalue weighted by Crippen LogP contribution is -2.21. The average Bonchev–Trinajstić information content (AvgIpc) is 1.98. The number of rotatable bonds is 3. The van der Waals surface area contributed by atoms with Crippen molar-refractivity contribution in [3.05, 3.63) is 0 Å². The van der Waals surface area contributed by atoms with Gasteiger partial charge in [-0.2, -0.15) is 0 Å². The van der Waals surface area contributed by atoms with Crippen LogP contribution in [-0.4, -0.2) is 22.8 Å². The highest BCUT2D eigenvalue weighted by Crippen LogP contribution is 2.05. The van der Waals surface area contributed by atoms with Crippen LogP contribution in [0.2, 0.25) is 0 Å². The molecule has 11 heavy (non-hydrogen) atoms. The average molecular weight is 269 g/mol. The van der Waals surface area contributed by atoms with E-state index in [1.807, 2.05) is 13.8 Å². The quantitative estimate of drug-likeness (QED) is 0.448. The van der Waals surface area contributed by atoms with Crippen molar-refractivity contribution in [3.8, 4) is 0 Å². The molecule has 4 heteroatoms. The Labute approximate surface area is 80.4 Å². The number of halogens is 1. The summed E-state index contributed by atoms with van der Waals surface area (Å²) < 4.78 is 4.69. The summed E-state index contributed by atoms with van der Waals surface area (Å²) in [6.45, 7) is 3.81. The third kappa shape index (κ3) is 4.34. The minimum atomic E-state index is -0.280. The predicted molar refractivity (Wildman–Crippen MR) is 53.6 cm³/mol. The van der Waals surface area contributed by atoms with Gasteiger partial charge in [0.1, 0.15) is 6.10 Å². The van der Waals surface area contributed by atoms with Crippen LogP contribution in [0.25, 0.3) is 0 Å². The summed E-state index contributed by atoms with van der Waals surface area (Å²) in [5.74, 6) is 0. The molecule has 0 bridgehead atoms. The van der Waals surface area contributed by atoms with Gasteiger partial charge in [-0.3, -0.25) is 4.99 Å². The molecule has 0 aromatic rings. The van der Waals surface area contributed by atoms with Crippen molar-refractivity contribution in [1.29, 1.82) is 0 Å². The van der Waals surface area contributed by atoms with Crippen LogP contribution in [0.15, 0.2) is 4.99 Å². The Balaban J connectivity index is 4.06. The predicted octanol–water partition coefficient (Wildman–Crippen LogP) is 2.43. The maximum atomic E-state index is 10.5. The van der Waals surface area contributed by atoms with Crippen molar-refractivity contribution in [2.45, 2.75) is 26.4 Å². The summed E-state index contributed by atoms with van der Waals surface area (Å²) in [5.41, 5.74) is 0.859. The lowest BCUT2D eigenvalue weighted by molar-refractivity contribution is 0.156. The van der Waals surface area contributed by atoms with Crippen molar-refractivity contribution in [1.82, 2.24) is 0 Å². The van der Waals surface area contributed by atoms with Crippen molar-refractivity contribution in [2.24, 2.45) is 4.99 Å². The van der Waals surface area contributed by atoms with Gasteiger partial charge in [-0.15, -0.1) is 0 Å². The molecule has 0 spiro atoms. The number of aliphatic imine (C=N–C) groups is 1. The van der Waals surface area contributed by atoms with Gasteiger partial charge in [0.05, 0.1) is 22.6 Å². The first kappa shape index (κ1) is 10.9. The van der Waals surface area contributed by atoms with Crippen LogP contribution in [0.1, 0.15) is 20.3 Å². The number of carbonyl (C=O) groups excluding carboxylic acids is 1. The molecule has 0 radical (unpaired) electrons. The Morgan fingerprint density at radius 1 is 1.73 bits per heavy atom. The second-order valence-corrected chi connectivity index (χ2v) is 3.00. The van der Waals surface area contributed by atoms with Gasteiger partial charge in [0.25, 0.3) is 0 Å². The summed E-state index contributed by atoms with van der Waals surface area (Å²) in [6.07, 6.45) is 0.627. The van der Waals surface area contributed by atoms with Gasteiger partial charge in [-0.1, -0.05) is 6.92 Å². The van der Waals surface area contributed by atoms with Gasteiger partial charge in [0.2, 0.25) is 0 Å². The number of carbonyl (C=O) groups is 1. The zero-order valence-corrected chi connectivity index (χ0v) is 9.08. The van der Waals surface area contributed by atoms with E-state index in [0.29, 0.717) is 0 Å². The molecule has 0 aliphatic carbocycles. The van der Waals surface area contributed by atoms with E-state index in [-0.39, 0.29) is 10.1 Å². The maximum absolute atomic E-state index is 10.5. The van der Waals surface area contributed by atoms with Crippen LogP contribution in [-0.2, 0) is 4.74 Å². The molecule has 0 fully saturated rings. The molecule has 0 saturated carbocycles. The van der Waals surface area contributed by atoms with E-state index in [1.165, 1.54) is 0 Å². The van der Waals surface area contributed by atoms with E-state index in [4.69, 9.17) is 4.74 Å². The van der Waals surface area contributed by atoms with Gasteiger partial charge in [0, 0.05) is 12.8 Å². The Bertz CT molecular complexity index is 168. The highest BCUT2D eigenvalue weighted by molar-refractivity contribution is 14.1. The van der Waals surface area contributed by atoms with Crippen LogP contribution in [0.5, 0.6) is 0 Å². The highest BCUT2D eigenvalue weighted by Gasteiger charge is 2.12. The van der Waals surface area contributed by atoms with Crippen molar-refractivity contribution in [2.75, 3.05) is 7.05 Å². The zero-order chi connectivity index (χ0) is 8.85. The van der Waals surface area contributed by atoms with Crippen LogP contribution >= 0.6 is 22.6 Å². The van der Waals surface area contributed by atoms with E-state index < -0.39 is 0 Å². The van der Waals surface area contributed by atoms with E-state index >= 15 is 0 Å². The van der Waals surface area contributed by atoms with Crippen molar-refractivity contribution >= 4 is 32.3 Å². The monoisotopic (exact) mass is 269 g/mol. The SMILES string of the molecule is CCC(OC(=O)I)/C(C)=N\C. The zero-order valence-electron chi connectivity index (χ0n) is 6.93. The van der Waals surface area contributed by atoms with E-state index in [9.17, 15) is 4.79 Å². The Morgan fingerprint density at radius 2 is 2.27 bits per heavy atom. The van der Waals surface area contributed by atoms with E-state index in [0.717, 1.165) is 12.1 Å². The smallest absolute Gasteiger partial charge is 0.367 e. The van der Waals surface area contributed by atoms with E-state index in [1.54, 1.807) is 29.6 Å². The van der Waals surface area contributed by atoms with Gasteiger partial charge in [0.15, 0.2) is 0 Å². The minimum absolute atomic E-state index is 0.149. The third-order valence-electron chi connectivity index (χ3n) is 1.42. The minimum Gasteiger partial charge on any atom is -0.449 e. The van der Waals surface area contributed by atoms with Crippen LogP contribution in [0, 0.1) is 0 Å². The first-order valence-electron chi connectivity index (χ1n) is 3.41. The fraction of sp³-hybridized carbons (Fsp3) is 0.714. The topological polar surface area (TPSA) is 38.7 Å². The molecular formula is C7H12INO2. The number of nitrogens with zero attached hydrogens (tertiary/aromatic N) is 1. The molecule has 0 aromatic heterocycles. The van der Waals surface area contributed by atoms with Crippen LogP contribution < -0.4 is 0 Å². The molecule has 0 aliphatic heterocycles. The molecule has 0 saturated heterocycles. The third-order valence-corrected chi connectivity index (χ3v) is 1.68. The van der Waals surface area contributed by atoms with Crippen molar-refractivity contribution in [3.63, 3.8) is 0 Å². The standard InChI is InChI=1S/C7H12INO2/c1-4-6(5(2)9-3)11-7(8)10/h6H,4H2,1-3H3/b9-5-. The Hall–Kier alpha value is -0.130. The number of hydrogen-bond acceptors (Lipinski definition) is 3. The van der Waals surface area contributed by atoms with Gasteiger partial charge >= 0.3 is 3.98 Å². The van der Waals surface area contributed by atoms with Crippen LogP contribution in [0.4, 0.5) is 4.79 Å². The molecule has 0 amide bonds. The normalized spacial score (nSPS) is 14.4. The lowest BCUT2D eigenvalue weighted by atomic mass is 10.2. The fourth-order valence-corrected chi connectivity index (χ4v) is 1.03. The molecule has 64 valence electrons. The Kier molecular flexibility index (Phi) is 5.45. The molecule has 1 atom stereocenters. The number of hydrogen-bond donors (Lipinski definition) is 0. The molecule has 0 N–H and O–H groups in total. The molecule has 0 aliphatic rings. The van der Waals surface area contributed by atoms with Gasteiger partial charge in [-0.05, 0) is 13.3 Å². The second-order valence-electron chi connectivity index (χ2n) is 2.12. The molecule has 3 nitrogen and oxygen atoms in total. The first-order valence-corrected chi connectivity index (χ1v) is 4.49. The molecule has 0 rings (SSSR count). The van der Waals surface area contributed by atoms with E-state index in [2.05, 4.69) is 4.99 Å². The lowest BCUT2D eigenvalue weighted by Gasteiger charge is -2.12. The van der Waals surface area contributed by atoms with Gasteiger partial charge < -0.3 is 4.74 Å². The molecule has 0 heterocycles. The summed E-state index contributed by atoms with van der Waals surface area (Å²) in [6, 6.07) is 0. The molecular weight excluding hydrogens is 257 g/mol. The fourth-order valence-electron chi connectivity index (χ4n) is 0.720.